The van der Waals surface area contributed by atoms with Crippen molar-refractivity contribution in [1.29, 1.82) is 0 Å². The highest BCUT2D eigenvalue weighted by molar-refractivity contribution is 5.92. The van der Waals surface area contributed by atoms with E-state index >= 15 is 0 Å². The van der Waals surface area contributed by atoms with Gasteiger partial charge in [-0.1, -0.05) is 38.1 Å². The van der Waals surface area contributed by atoms with Gasteiger partial charge >= 0.3 is 12.3 Å². The Morgan fingerprint density at radius 3 is 2.72 bits per heavy atom. The minimum absolute atomic E-state index is 0.00700. The molecule has 1 amide bonds. The maximum absolute atomic E-state index is 14.0. The van der Waals surface area contributed by atoms with Crippen LogP contribution in [0, 0.1) is 5.92 Å². The van der Waals surface area contributed by atoms with Gasteiger partial charge in [0.1, 0.15) is 17.5 Å². The second-order valence-corrected chi connectivity index (χ2v) is 13.1. The average molecular weight is 641 g/mol. The quantitative estimate of drug-likeness (QED) is 0.212. The lowest BCUT2D eigenvalue weighted by atomic mass is 9.48. The summed E-state index contributed by atoms with van der Waals surface area (Å²) >= 11 is 0. The number of rotatable bonds is 9. The Bertz CT molecular complexity index is 1570. The molecule has 6 rings (SSSR count). The van der Waals surface area contributed by atoms with Crippen LogP contribution in [0.15, 0.2) is 55.1 Å². The van der Waals surface area contributed by atoms with Crippen molar-refractivity contribution in [3.05, 3.63) is 71.8 Å². The van der Waals surface area contributed by atoms with Gasteiger partial charge in [-0.15, -0.1) is 19.8 Å². The Balaban J connectivity index is 1.41. The molecule has 5 atom stereocenters. The van der Waals surface area contributed by atoms with E-state index in [0.717, 1.165) is 11.1 Å². The summed E-state index contributed by atoms with van der Waals surface area (Å²) in [6.07, 6.45) is 1.39. The van der Waals surface area contributed by atoms with Crippen molar-refractivity contribution in [2.45, 2.75) is 82.0 Å². The van der Waals surface area contributed by atoms with Gasteiger partial charge < -0.3 is 24.2 Å². The van der Waals surface area contributed by atoms with Gasteiger partial charge in [0.15, 0.2) is 11.5 Å². The van der Waals surface area contributed by atoms with E-state index in [2.05, 4.69) is 16.2 Å². The number of phenols is 1. The zero-order valence-corrected chi connectivity index (χ0v) is 26.2. The zero-order valence-electron chi connectivity index (χ0n) is 26.2. The van der Waals surface area contributed by atoms with Crippen LogP contribution in [-0.4, -0.2) is 76.6 Å². The maximum Gasteiger partial charge on any atom is 0.573 e. The van der Waals surface area contributed by atoms with Crippen LogP contribution < -0.4 is 9.47 Å². The number of likely N-dealkylation sites (tertiary alicyclic amines) is 1. The molecule has 246 valence electrons. The SMILES string of the molecule is C=CCN1CC[C@]23c4c5ccc(O)c4O[C@H]2[C@@H](N(CC(C)C)C(=O)C=Cc2cccc(OC(F)(F)F)c2)CC[C@@]3(OC(C)=O)[C@H]1C5. The smallest absolute Gasteiger partial charge is 0.504 e. The van der Waals surface area contributed by atoms with Crippen LogP contribution in [0.1, 0.15) is 56.7 Å². The Kier molecular flexibility index (Phi) is 8.11. The minimum atomic E-state index is -4.83. The van der Waals surface area contributed by atoms with E-state index in [-0.39, 0.29) is 29.4 Å². The van der Waals surface area contributed by atoms with Gasteiger partial charge in [-0.3, -0.25) is 14.5 Å². The number of amides is 1. The number of carbonyl (C=O) groups excluding carboxylic acids is 2. The maximum atomic E-state index is 14.0. The summed E-state index contributed by atoms with van der Waals surface area (Å²) in [5.74, 6) is -0.619. The highest BCUT2D eigenvalue weighted by Gasteiger charge is 2.75. The molecule has 1 spiro atoms. The molecule has 0 aromatic heterocycles. The molecule has 2 aliphatic heterocycles. The van der Waals surface area contributed by atoms with Gasteiger partial charge in [0.25, 0.3) is 0 Å². The van der Waals surface area contributed by atoms with E-state index < -0.39 is 35.5 Å². The van der Waals surface area contributed by atoms with Gasteiger partial charge in [0.2, 0.25) is 5.91 Å². The topological polar surface area (TPSA) is 88.5 Å². The summed E-state index contributed by atoms with van der Waals surface area (Å²) in [6, 6.07) is 8.41. The zero-order chi connectivity index (χ0) is 33.0. The van der Waals surface area contributed by atoms with Crippen LogP contribution in [0.3, 0.4) is 0 Å². The van der Waals surface area contributed by atoms with Crippen LogP contribution >= 0.6 is 0 Å². The number of ether oxygens (including phenoxy) is 3. The molecular formula is C35H39F3N2O6. The van der Waals surface area contributed by atoms with Gasteiger partial charge in [0, 0.05) is 38.2 Å². The number of aromatic hydroxyl groups is 1. The summed E-state index contributed by atoms with van der Waals surface area (Å²) in [5.41, 5.74) is 0.509. The molecule has 2 aromatic rings. The first-order chi connectivity index (χ1) is 21.8. The standard InChI is InChI=1S/C35H39F3N2O6/c1-5-16-39-17-15-33-30-24-10-11-27(42)31(30)44-32(33)26(13-14-34(33,28(39)19-24)45-22(4)41)40(20-21(2)3)29(43)12-9-23-7-6-8-25(18-23)46-35(36,37)38/h5-12,18,21,26,28,32,42H,1,13-17,19-20H2,2-4H3/t26-,28+,32-,33-,34+/m0/s1. The predicted octanol–water partition coefficient (Wildman–Crippen LogP) is 5.77. The number of halogens is 3. The van der Waals surface area contributed by atoms with Crippen LogP contribution in [0.2, 0.25) is 0 Å². The minimum Gasteiger partial charge on any atom is -0.504 e. The largest absolute Gasteiger partial charge is 0.573 e. The molecule has 2 aliphatic carbocycles. The summed E-state index contributed by atoms with van der Waals surface area (Å²) in [6.45, 7) is 11.1. The first kappa shape index (κ1) is 32.0. The van der Waals surface area contributed by atoms with Crippen LogP contribution in [0.4, 0.5) is 13.2 Å². The molecule has 2 fully saturated rings. The molecule has 11 heteroatoms. The number of carbonyl (C=O) groups is 2. The molecule has 1 saturated carbocycles. The molecule has 2 heterocycles. The third-order valence-electron chi connectivity index (χ3n) is 9.95. The molecule has 4 aliphatic rings. The van der Waals surface area contributed by atoms with Crippen LogP contribution in [0.25, 0.3) is 6.08 Å². The monoisotopic (exact) mass is 640 g/mol. The van der Waals surface area contributed by atoms with Gasteiger partial charge in [-0.05, 0) is 67.0 Å². The summed E-state index contributed by atoms with van der Waals surface area (Å²) < 4.78 is 55.6. The van der Waals surface area contributed by atoms with E-state index in [1.165, 1.54) is 37.3 Å². The van der Waals surface area contributed by atoms with Crippen molar-refractivity contribution in [2.24, 2.45) is 5.92 Å². The second kappa shape index (κ2) is 11.7. The normalized spacial score (nSPS) is 28.0. The first-order valence-corrected chi connectivity index (χ1v) is 15.7. The Labute approximate surface area is 266 Å². The lowest BCUT2D eigenvalue weighted by molar-refractivity contribution is -0.274. The van der Waals surface area contributed by atoms with Crippen molar-refractivity contribution >= 4 is 18.0 Å². The summed E-state index contributed by atoms with van der Waals surface area (Å²) in [5, 5.41) is 11.1. The van der Waals surface area contributed by atoms with Crippen LogP contribution in [0.5, 0.6) is 17.2 Å². The number of alkyl halides is 3. The Morgan fingerprint density at radius 2 is 2.02 bits per heavy atom. The van der Waals surface area contributed by atoms with E-state index in [9.17, 15) is 27.9 Å². The Hall–Kier alpha value is -3.99. The van der Waals surface area contributed by atoms with Crippen molar-refractivity contribution in [3.63, 3.8) is 0 Å². The van der Waals surface area contributed by atoms with Gasteiger partial charge in [0.05, 0.1) is 17.5 Å². The van der Waals surface area contributed by atoms with E-state index in [1.54, 1.807) is 17.0 Å². The first-order valence-electron chi connectivity index (χ1n) is 15.7. The summed E-state index contributed by atoms with van der Waals surface area (Å²) in [4.78, 5) is 31.0. The van der Waals surface area contributed by atoms with E-state index in [1.807, 2.05) is 26.0 Å². The summed E-state index contributed by atoms with van der Waals surface area (Å²) in [7, 11) is 0. The fraction of sp³-hybridized carbons (Fsp3) is 0.486. The number of phenolic OH excluding ortho intramolecular Hbond substituents is 1. The number of esters is 1. The van der Waals surface area contributed by atoms with E-state index in [4.69, 9.17) is 9.47 Å². The molecule has 46 heavy (non-hydrogen) atoms. The number of hydrogen-bond acceptors (Lipinski definition) is 7. The fourth-order valence-electron chi connectivity index (χ4n) is 8.60. The number of hydrogen-bond donors (Lipinski definition) is 1. The van der Waals surface area contributed by atoms with Crippen molar-refractivity contribution < 1.29 is 42.1 Å². The van der Waals surface area contributed by atoms with Crippen molar-refractivity contribution in [2.75, 3.05) is 19.6 Å². The lowest BCUT2D eigenvalue weighted by Gasteiger charge is -2.65. The predicted molar refractivity (Wildman–Crippen MR) is 164 cm³/mol. The highest BCUT2D eigenvalue weighted by atomic mass is 19.4. The molecule has 0 unspecified atom stereocenters. The van der Waals surface area contributed by atoms with Crippen molar-refractivity contribution in [3.8, 4) is 17.2 Å². The Morgan fingerprint density at radius 1 is 1.24 bits per heavy atom. The molecule has 2 bridgehead atoms. The fourth-order valence-corrected chi connectivity index (χ4v) is 8.60. The highest BCUT2D eigenvalue weighted by Crippen LogP contribution is 2.67. The van der Waals surface area contributed by atoms with Crippen molar-refractivity contribution in [1.82, 2.24) is 9.80 Å². The van der Waals surface area contributed by atoms with Crippen LogP contribution in [-0.2, 0) is 26.2 Å². The molecule has 2 aromatic carbocycles. The average Bonchev–Trinajstić information content (AvgIpc) is 3.32. The number of nitrogens with zero attached hydrogens (tertiary/aromatic N) is 2. The van der Waals surface area contributed by atoms with E-state index in [0.29, 0.717) is 56.6 Å². The third kappa shape index (κ3) is 5.22. The number of benzene rings is 2. The van der Waals surface area contributed by atoms with Gasteiger partial charge in [-0.25, -0.2) is 0 Å². The second-order valence-electron chi connectivity index (χ2n) is 13.1. The molecule has 0 radical (unpaired) electrons. The lowest BCUT2D eigenvalue weighted by Crippen LogP contribution is -2.79. The number of piperidine rings is 1. The molecule has 1 saturated heterocycles. The molecule has 8 nitrogen and oxygen atoms in total. The van der Waals surface area contributed by atoms with Gasteiger partial charge in [-0.2, -0.15) is 0 Å². The molecular weight excluding hydrogens is 601 g/mol. The molecule has 1 N–H and O–H groups in total. The third-order valence-corrected chi connectivity index (χ3v) is 9.95.